The predicted molar refractivity (Wildman–Crippen MR) is 132 cm³/mol. The summed E-state index contributed by atoms with van der Waals surface area (Å²) in [7, 11) is 1.98. The molecule has 3 saturated carbocycles. The first-order chi connectivity index (χ1) is 15.5. The minimum atomic E-state index is -0.156. The Morgan fingerprint density at radius 1 is 1.06 bits per heavy atom. The molecule has 0 N–H and O–H groups in total. The zero-order valence-corrected chi connectivity index (χ0v) is 22.4. The Kier molecular flexibility index (Phi) is 6.97. The summed E-state index contributed by atoms with van der Waals surface area (Å²) in [6.45, 7) is 13.8. The summed E-state index contributed by atoms with van der Waals surface area (Å²) >= 11 is 0. The summed E-state index contributed by atoms with van der Waals surface area (Å²) in [4.78, 5) is 26.8. The third kappa shape index (κ3) is 4.27. The largest absolute Gasteiger partial charge is 0.462 e. The number of piperidine rings is 1. The maximum absolute atomic E-state index is 12.6. The van der Waals surface area contributed by atoms with Gasteiger partial charge in [-0.2, -0.15) is 0 Å². The van der Waals surface area contributed by atoms with Crippen LogP contribution in [0.25, 0.3) is 0 Å². The highest BCUT2D eigenvalue weighted by Crippen LogP contribution is 2.67. The highest BCUT2D eigenvalue weighted by atomic mass is 16.5. The van der Waals surface area contributed by atoms with Crippen LogP contribution in [0.5, 0.6) is 0 Å². The first-order valence-electron chi connectivity index (χ1n) is 13.9. The maximum Gasteiger partial charge on any atom is 0.302 e. The third-order valence-electron chi connectivity index (χ3n) is 11.1. The average Bonchev–Trinajstić information content (AvgIpc) is 3.09. The fraction of sp³-hybridized carbons (Fsp3) is 0.931. The number of nitrogens with zero attached hydrogens (tertiary/aromatic N) is 1. The van der Waals surface area contributed by atoms with E-state index < -0.39 is 0 Å². The van der Waals surface area contributed by atoms with Crippen molar-refractivity contribution < 1.29 is 14.3 Å². The van der Waals surface area contributed by atoms with Crippen molar-refractivity contribution in [2.24, 2.45) is 46.3 Å². The maximum atomic E-state index is 12.6. The van der Waals surface area contributed by atoms with Crippen molar-refractivity contribution in [1.82, 2.24) is 4.90 Å². The van der Waals surface area contributed by atoms with Crippen molar-refractivity contribution in [2.75, 3.05) is 7.05 Å². The van der Waals surface area contributed by atoms with E-state index in [1.165, 1.54) is 44.9 Å². The van der Waals surface area contributed by atoms with Gasteiger partial charge in [-0.1, -0.05) is 53.9 Å². The summed E-state index contributed by atoms with van der Waals surface area (Å²) in [6, 6.07) is 0.195. The number of likely N-dealkylation sites (tertiary alicyclic amines) is 1. The number of fused-ring (bicyclic) bond motifs is 5. The molecule has 0 aromatic carbocycles. The Morgan fingerprint density at radius 2 is 1.76 bits per heavy atom. The van der Waals surface area contributed by atoms with E-state index in [1.807, 2.05) is 11.9 Å². The van der Waals surface area contributed by atoms with Crippen LogP contribution in [0.3, 0.4) is 0 Å². The van der Waals surface area contributed by atoms with Gasteiger partial charge in [0.25, 0.3) is 0 Å². The molecule has 4 fully saturated rings. The lowest BCUT2D eigenvalue weighted by Gasteiger charge is -2.63. The Hall–Kier alpha value is -1.06. The van der Waals surface area contributed by atoms with Gasteiger partial charge in [0.15, 0.2) is 0 Å². The first-order valence-corrected chi connectivity index (χ1v) is 13.9. The Bertz CT molecular complexity index is 749. The normalized spacial score (nSPS) is 43.6. The Labute approximate surface area is 202 Å². The van der Waals surface area contributed by atoms with E-state index in [4.69, 9.17) is 4.74 Å². The fourth-order valence-corrected chi connectivity index (χ4v) is 9.42. The van der Waals surface area contributed by atoms with Crippen molar-refractivity contribution >= 4 is 11.9 Å². The van der Waals surface area contributed by atoms with Crippen LogP contribution < -0.4 is 0 Å². The molecular weight excluding hydrogens is 410 g/mol. The van der Waals surface area contributed by atoms with Gasteiger partial charge in [0.2, 0.25) is 5.91 Å². The van der Waals surface area contributed by atoms with Crippen LogP contribution in [0.4, 0.5) is 0 Å². The summed E-state index contributed by atoms with van der Waals surface area (Å²) in [5.74, 6) is 4.08. The fourth-order valence-electron chi connectivity index (χ4n) is 9.42. The van der Waals surface area contributed by atoms with Gasteiger partial charge in [0, 0.05) is 38.8 Å². The molecule has 2 unspecified atom stereocenters. The first kappa shape index (κ1) is 25.0. The number of rotatable bonds is 6. The summed E-state index contributed by atoms with van der Waals surface area (Å²) in [6.07, 6.45) is 11.6. The second-order valence-corrected chi connectivity index (χ2v) is 13.2. The number of amides is 1. The van der Waals surface area contributed by atoms with Gasteiger partial charge in [-0.15, -0.1) is 0 Å². The van der Waals surface area contributed by atoms with Gasteiger partial charge in [-0.05, 0) is 72.5 Å². The summed E-state index contributed by atoms with van der Waals surface area (Å²) < 4.78 is 6.10. The number of carbonyl (C=O) groups is 2. The van der Waals surface area contributed by atoms with Gasteiger partial charge in [0.1, 0.15) is 6.10 Å². The molecule has 4 rings (SSSR count). The van der Waals surface area contributed by atoms with Crippen LogP contribution >= 0.6 is 0 Å². The van der Waals surface area contributed by atoms with Crippen molar-refractivity contribution in [2.45, 2.75) is 118 Å². The minimum absolute atomic E-state index is 0.0430. The lowest BCUT2D eigenvalue weighted by molar-refractivity contribution is -0.195. The molecule has 4 heteroatoms. The molecule has 0 radical (unpaired) electrons. The second-order valence-electron chi connectivity index (χ2n) is 13.2. The number of ether oxygens (including phenoxy) is 1. The molecule has 3 aliphatic carbocycles. The van der Waals surface area contributed by atoms with Crippen molar-refractivity contribution in [3.05, 3.63) is 0 Å². The lowest BCUT2D eigenvalue weighted by atomic mass is 9.45. The van der Waals surface area contributed by atoms with Crippen LogP contribution in [-0.4, -0.2) is 36.0 Å². The molecule has 0 aromatic heterocycles. The number of carbonyl (C=O) groups excluding carboxylic acids is 2. The van der Waals surface area contributed by atoms with E-state index in [1.54, 1.807) is 6.92 Å². The van der Waals surface area contributed by atoms with Crippen molar-refractivity contribution in [1.29, 1.82) is 0 Å². The Morgan fingerprint density at radius 3 is 2.42 bits per heavy atom. The lowest BCUT2D eigenvalue weighted by Crippen LogP contribution is -2.65. The monoisotopic (exact) mass is 459 g/mol. The summed E-state index contributed by atoms with van der Waals surface area (Å²) in [5, 5.41) is 0. The smallest absolute Gasteiger partial charge is 0.302 e. The van der Waals surface area contributed by atoms with Crippen molar-refractivity contribution in [3.63, 3.8) is 0 Å². The third-order valence-corrected chi connectivity index (χ3v) is 11.1. The van der Waals surface area contributed by atoms with E-state index in [0.717, 1.165) is 30.6 Å². The molecule has 1 saturated heterocycles. The van der Waals surface area contributed by atoms with E-state index >= 15 is 0 Å². The molecule has 33 heavy (non-hydrogen) atoms. The van der Waals surface area contributed by atoms with Crippen LogP contribution in [0.15, 0.2) is 0 Å². The second kappa shape index (κ2) is 9.19. The average molecular weight is 460 g/mol. The number of hydrogen-bond donors (Lipinski definition) is 0. The van der Waals surface area contributed by atoms with E-state index in [2.05, 4.69) is 34.6 Å². The number of hydrogen-bond acceptors (Lipinski definition) is 3. The van der Waals surface area contributed by atoms with Crippen LogP contribution in [-0.2, 0) is 14.3 Å². The van der Waals surface area contributed by atoms with Crippen molar-refractivity contribution in [3.8, 4) is 0 Å². The zero-order chi connectivity index (χ0) is 24.1. The molecule has 0 bridgehead atoms. The quantitative estimate of drug-likeness (QED) is 0.428. The van der Waals surface area contributed by atoms with Gasteiger partial charge in [-0.25, -0.2) is 0 Å². The van der Waals surface area contributed by atoms with E-state index in [9.17, 15) is 9.59 Å². The van der Waals surface area contributed by atoms with Gasteiger partial charge in [-0.3, -0.25) is 9.59 Å². The topological polar surface area (TPSA) is 46.6 Å². The standard InChI is InChI=1S/C29H49NO3/c1-18(2)9-8-10-19(3)21-11-12-22-27-23(13-15-28(21,22)5)29(6)16-14-26(32)30(7)25(29)17-24(27)33-20(4)31/h18-19,21-25,27H,8-17H2,1-7H3/t19-,21-,22+,23+,24?,25?,27+,28-,29-/m1/s1. The highest BCUT2D eigenvalue weighted by molar-refractivity contribution is 5.77. The molecule has 1 aliphatic heterocycles. The molecule has 0 aromatic rings. The Balaban J connectivity index is 1.60. The van der Waals surface area contributed by atoms with Crippen LogP contribution in [0, 0.1) is 46.3 Å². The number of esters is 1. The molecule has 188 valence electrons. The highest BCUT2D eigenvalue weighted by Gasteiger charge is 2.64. The predicted octanol–water partition coefficient (Wildman–Crippen LogP) is 6.47. The van der Waals surface area contributed by atoms with Gasteiger partial charge >= 0.3 is 5.97 Å². The summed E-state index contributed by atoms with van der Waals surface area (Å²) in [5.41, 5.74) is 0.503. The molecule has 1 amide bonds. The molecule has 9 atom stereocenters. The molecule has 4 nitrogen and oxygen atoms in total. The van der Waals surface area contributed by atoms with Gasteiger partial charge < -0.3 is 9.64 Å². The molecule has 4 aliphatic rings. The molecule has 1 heterocycles. The SMILES string of the molecule is CC(=O)OC1CC2N(C)C(=O)CC[C@]2(C)[C@H]2CC[C@]3(C)[C@@H]([C@H](C)CCCC(C)C)CC[C@H]3[C@H]12. The minimum Gasteiger partial charge on any atom is -0.462 e. The van der Waals surface area contributed by atoms with E-state index in [0.29, 0.717) is 29.6 Å². The molecular formula is C29H49NO3. The van der Waals surface area contributed by atoms with E-state index in [-0.39, 0.29) is 29.4 Å². The zero-order valence-electron chi connectivity index (χ0n) is 22.4. The van der Waals surface area contributed by atoms with Gasteiger partial charge in [0.05, 0.1) is 0 Å². The van der Waals surface area contributed by atoms with Crippen LogP contribution in [0.1, 0.15) is 106 Å². The van der Waals surface area contributed by atoms with Crippen LogP contribution in [0.2, 0.25) is 0 Å². The molecule has 0 spiro atoms.